The van der Waals surface area contributed by atoms with Crippen molar-refractivity contribution >= 4 is 54.2 Å². The molecule has 1 unspecified atom stereocenters. The van der Waals surface area contributed by atoms with Gasteiger partial charge in [-0.25, -0.2) is 17.8 Å². The van der Waals surface area contributed by atoms with Gasteiger partial charge in [0.05, 0.1) is 21.7 Å². The first-order valence-corrected chi connectivity index (χ1v) is 13.9. The van der Waals surface area contributed by atoms with Crippen LogP contribution in [-0.4, -0.2) is 74.4 Å². The molecular weight excluding hydrogens is 515 g/mol. The Kier molecular flexibility index (Phi) is 6.60. The van der Waals surface area contributed by atoms with Crippen molar-refractivity contribution in [3.63, 3.8) is 0 Å². The van der Waals surface area contributed by atoms with E-state index in [4.69, 9.17) is 21.3 Å². The molecule has 1 aromatic heterocycles. The van der Waals surface area contributed by atoms with E-state index in [2.05, 4.69) is 4.90 Å². The largest absolute Gasteiger partial charge is 0.494 e. The van der Waals surface area contributed by atoms with Gasteiger partial charge in [-0.2, -0.15) is 4.31 Å². The average Bonchev–Trinajstić information content (AvgIpc) is 3.53. The van der Waals surface area contributed by atoms with E-state index in [9.17, 15) is 17.6 Å². The van der Waals surface area contributed by atoms with Crippen LogP contribution in [0.15, 0.2) is 41.3 Å². The lowest BCUT2D eigenvalue weighted by Crippen LogP contribution is -2.54. The molecule has 2 aliphatic heterocycles. The van der Waals surface area contributed by atoms with Crippen LogP contribution in [0.5, 0.6) is 5.75 Å². The van der Waals surface area contributed by atoms with Crippen LogP contribution < -0.4 is 9.64 Å². The van der Waals surface area contributed by atoms with E-state index in [1.54, 1.807) is 24.1 Å². The van der Waals surface area contributed by atoms with Gasteiger partial charge in [0.15, 0.2) is 5.13 Å². The Morgan fingerprint density at radius 3 is 2.51 bits per heavy atom. The zero-order chi connectivity index (χ0) is 24.7. The molecular formula is C23H24ClFN4O4S2. The predicted molar refractivity (Wildman–Crippen MR) is 133 cm³/mol. The van der Waals surface area contributed by atoms with E-state index in [0.29, 0.717) is 55.3 Å². The molecule has 2 aliphatic rings. The van der Waals surface area contributed by atoms with Crippen LogP contribution in [0.2, 0.25) is 5.02 Å². The molecule has 0 radical (unpaired) electrons. The van der Waals surface area contributed by atoms with Crippen LogP contribution in [0.3, 0.4) is 0 Å². The molecule has 35 heavy (non-hydrogen) atoms. The zero-order valence-electron chi connectivity index (χ0n) is 19.0. The van der Waals surface area contributed by atoms with Crippen molar-refractivity contribution < 1.29 is 22.3 Å². The smallest absolute Gasteiger partial charge is 0.243 e. The monoisotopic (exact) mass is 538 g/mol. The molecule has 0 N–H and O–H groups in total. The van der Waals surface area contributed by atoms with Crippen LogP contribution in [0.1, 0.15) is 12.8 Å². The summed E-state index contributed by atoms with van der Waals surface area (Å²) in [4.78, 5) is 21.9. The third-order valence-corrected chi connectivity index (χ3v) is 9.94. The minimum Gasteiger partial charge on any atom is -0.494 e. The molecule has 3 aromatic rings. The summed E-state index contributed by atoms with van der Waals surface area (Å²) in [5.74, 6) is -0.0454. The Hall–Kier alpha value is -2.47. The van der Waals surface area contributed by atoms with Crippen molar-refractivity contribution in [2.75, 3.05) is 44.7 Å². The lowest BCUT2D eigenvalue weighted by atomic mass is 10.2. The van der Waals surface area contributed by atoms with Crippen LogP contribution in [0.4, 0.5) is 9.52 Å². The molecule has 3 heterocycles. The number of sulfonamides is 1. The van der Waals surface area contributed by atoms with Crippen LogP contribution in [0, 0.1) is 5.82 Å². The number of hydrogen-bond acceptors (Lipinski definition) is 7. The molecule has 1 amide bonds. The number of hydrogen-bond donors (Lipinski definition) is 0. The molecule has 186 valence electrons. The highest BCUT2D eigenvalue weighted by molar-refractivity contribution is 7.89. The fourth-order valence-electron chi connectivity index (χ4n) is 4.59. The normalized spacial score (nSPS) is 19.5. The Morgan fingerprint density at radius 2 is 1.83 bits per heavy atom. The lowest BCUT2D eigenvalue weighted by Gasteiger charge is -2.37. The van der Waals surface area contributed by atoms with Crippen molar-refractivity contribution in [3.8, 4) is 5.75 Å². The van der Waals surface area contributed by atoms with Gasteiger partial charge in [0.2, 0.25) is 15.9 Å². The number of methoxy groups -OCH3 is 1. The number of halogens is 2. The third kappa shape index (κ3) is 4.46. The maximum absolute atomic E-state index is 13.3. The summed E-state index contributed by atoms with van der Waals surface area (Å²) in [6.07, 6.45) is 1.07. The molecule has 0 aliphatic carbocycles. The number of thiazole rings is 1. The molecule has 2 saturated heterocycles. The second-order valence-electron chi connectivity index (χ2n) is 8.46. The molecule has 12 heteroatoms. The Balaban J connectivity index is 1.29. The maximum atomic E-state index is 13.3. The van der Waals surface area contributed by atoms with Crippen LogP contribution >= 0.6 is 22.9 Å². The van der Waals surface area contributed by atoms with Crippen molar-refractivity contribution in [2.45, 2.75) is 23.8 Å². The predicted octanol–water partition coefficient (Wildman–Crippen LogP) is 3.60. The number of anilines is 1. The van der Waals surface area contributed by atoms with Gasteiger partial charge in [0.1, 0.15) is 23.1 Å². The first-order chi connectivity index (χ1) is 16.8. The fourth-order valence-corrected chi connectivity index (χ4v) is 7.55. The summed E-state index contributed by atoms with van der Waals surface area (Å²) in [6.45, 7) is 2.33. The summed E-state index contributed by atoms with van der Waals surface area (Å²) in [5, 5.41) is 1.42. The number of aromatic nitrogens is 1. The minimum atomic E-state index is -3.89. The van der Waals surface area contributed by atoms with E-state index >= 15 is 0 Å². The number of carbonyl (C=O) groups excluding carboxylic acids is 1. The Morgan fingerprint density at radius 1 is 1.11 bits per heavy atom. The van der Waals surface area contributed by atoms with Gasteiger partial charge in [-0.15, -0.1) is 0 Å². The first kappa shape index (κ1) is 24.2. The highest BCUT2D eigenvalue weighted by atomic mass is 35.5. The third-order valence-electron chi connectivity index (χ3n) is 6.44. The number of nitrogens with zero attached hydrogens (tertiary/aromatic N) is 4. The maximum Gasteiger partial charge on any atom is 0.243 e. The van der Waals surface area contributed by atoms with E-state index in [1.165, 1.54) is 27.8 Å². The second kappa shape index (κ2) is 9.53. The van der Waals surface area contributed by atoms with Crippen molar-refractivity contribution in [1.82, 2.24) is 14.2 Å². The fraction of sp³-hybridized carbons (Fsp3) is 0.391. The quantitative estimate of drug-likeness (QED) is 0.493. The molecule has 8 nitrogen and oxygen atoms in total. The number of fused-ring (bicyclic) bond motifs is 1. The average molecular weight is 539 g/mol. The van der Waals surface area contributed by atoms with Gasteiger partial charge < -0.3 is 14.5 Å². The number of piperazine rings is 1. The summed E-state index contributed by atoms with van der Waals surface area (Å²) in [6, 6.07) is 7.54. The lowest BCUT2D eigenvalue weighted by molar-refractivity contribution is -0.134. The number of carbonyl (C=O) groups is 1. The summed E-state index contributed by atoms with van der Waals surface area (Å²) in [5.41, 5.74) is 0.714. The van der Waals surface area contributed by atoms with Gasteiger partial charge >= 0.3 is 0 Å². The molecule has 0 spiro atoms. The molecule has 2 aromatic carbocycles. The van der Waals surface area contributed by atoms with E-state index in [-0.39, 0.29) is 17.3 Å². The SMILES string of the molecule is COc1ccc(Cl)c2sc(N3CCN(C(=O)C4CCCN4S(=O)(=O)c4ccc(F)cc4)CC3)nc12. The van der Waals surface area contributed by atoms with Crippen molar-refractivity contribution in [2.24, 2.45) is 0 Å². The van der Waals surface area contributed by atoms with Gasteiger partial charge in [0, 0.05) is 32.7 Å². The standard InChI is InChI=1S/C23H24ClFN4O4S2/c1-33-19-9-8-17(24)21-20(19)26-23(34-21)28-13-11-27(12-14-28)22(30)18-3-2-10-29(18)35(31,32)16-6-4-15(25)5-7-16/h4-9,18H,2-3,10-14H2,1H3. The topological polar surface area (TPSA) is 83.0 Å². The highest BCUT2D eigenvalue weighted by Crippen LogP contribution is 2.39. The zero-order valence-corrected chi connectivity index (χ0v) is 21.4. The Bertz CT molecular complexity index is 1360. The van der Waals surface area contributed by atoms with E-state index < -0.39 is 21.9 Å². The number of rotatable bonds is 5. The van der Waals surface area contributed by atoms with Gasteiger partial charge in [-0.3, -0.25) is 4.79 Å². The van der Waals surface area contributed by atoms with Gasteiger partial charge in [0.25, 0.3) is 0 Å². The van der Waals surface area contributed by atoms with Gasteiger partial charge in [-0.1, -0.05) is 22.9 Å². The van der Waals surface area contributed by atoms with Crippen LogP contribution in [0.25, 0.3) is 10.2 Å². The number of benzene rings is 2. The van der Waals surface area contributed by atoms with E-state index in [0.717, 1.165) is 22.0 Å². The molecule has 1 atom stereocenters. The Labute approximate surface area is 211 Å². The highest BCUT2D eigenvalue weighted by Gasteiger charge is 2.41. The van der Waals surface area contributed by atoms with Gasteiger partial charge in [-0.05, 0) is 49.2 Å². The summed E-state index contributed by atoms with van der Waals surface area (Å²) < 4.78 is 47.1. The summed E-state index contributed by atoms with van der Waals surface area (Å²) in [7, 11) is -2.30. The molecule has 5 rings (SSSR count). The molecule has 0 bridgehead atoms. The van der Waals surface area contributed by atoms with Crippen molar-refractivity contribution in [1.29, 1.82) is 0 Å². The second-order valence-corrected chi connectivity index (χ2v) is 11.7. The van der Waals surface area contributed by atoms with Crippen LogP contribution in [-0.2, 0) is 14.8 Å². The van der Waals surface area contributed by atoms with E-state index in [1.807, 2.05) is 0 Å². The minimum absolute atomic E-state index is 0.00616. The number of amides is 1. The number of ether oxygens (including phenoxy) is 1. The summed E-state index contributed by atoms with van der Waals surface area (Å²) >= 11 is 7.83. The molecule has 2 fully saturated rings. The van der Waals surface area contributed by atoms with Crippen molar-refractivity contribution in [3.05, 3.63) is 47.2 Å². The molecule has 0 saturated carbocycles. The first-order valence-electron chi connectivity index (χ1n) is 11.2.